The Hall–Kier alpha value is -3.25. The van der Waals surface area contributed by atoms with Crippen molar-refractivity contribution < 1.29 is 14.0 Å². The van der Waals surface area contributed by atoms with Gasteiger partial charge in [-0.05, 0) is 59.5 Å². The Balaban J connectivity index is 1.25. The molecule has 30 heavy (non-hydrogen) atoms. The number of benzene rings is 3. The van der Waals surface area contributed by atoms with Gasteiger partial charge in [0.2, 0.25) is 0 Å². The third-order valence-corrected chi connectivity index (χ3v) is 5.46. The zero-order valence-corrected chi connectivity index (χ0v) is 16.6. The predicted molar refractivity (Wildman–Crippen MR) is 115 cm³/mol. The summed E-state index contributed by atoms with van der Waals surface area (Å²) < 4.78 is 13.3. The highest BCUT2D eigenvalue weighted by molar-refractivity contribution is 6.04. The number of rotatable bonds is 4. The summed E-state index contributed by atoms with van der Waals surface area (Å²) in [5.74, 6) is -0.624. The average Bonchev–Trinajstić information content (AvgIpc) is 2.76. The molecule has 0 bridgehead atoms. The van der Waals surface area contributed by atoms with Gasteiger partial charge < -0.3 is 5.32 Å². The number of hydrogen-bond donors (Lipinski definition) is 2. The smallest absolute Gasteiger partial charge is 0.321 e. The van der Waals surface area contributed by atoms with Crippen molar-refractivity contribution in [1.82, 2.24) is 15.5 Å². The molecule has 1 aliphatic heterocycles. The highest BCUT2D eigenvalue weighted by Gasteiger charge is 2.21. The summed E-state index contributed by atoms with van der Waals surface area (Å²) in [7, 11) is 0. The second-order valence-corrected chi connectivity index (χ2v) is 7.67. The second kappa shape index (κ2) is 9.05. The van der Waals surface area contributed by atoms with Gasteiger partial charge >= 0.3 is 6.03 Å². The molecule has 2 N–H and O–H groups in total. The van der Waals surface area contributed by atoms with Crippen LogP contribution in [0.25, 0.3) is 10.8 Å². The lowest BCUT2D eigenvalue weighted by molar-refractivity contribution is 0.0961. The van der Waals surface area contributed by atoms with Gasteiger partial charge in [0, 0.05) is 31.2 Å². The van der Waals surface area contributed by atoms with Crippen LogP contribution in [0.4, 0.5) is 9.18 Å². The normalized spacial score (nSPS) is 15.1. The van der Waals surface area contributed by atoms with Gasteiger partial charge in [-0.25, -0.2) is 9.18 Å². The maximum absolute atomic E-state index is 13.3. The maximum atomic E-state index is 13.3. The van der Waals surface area contributed by atoms with Gasteiger partial charge in [0.25, 0.3) is 5.91 Å². The van der Waals surface area contributed by atoms with Crippen molar-refractivity contribution in [2.24, 2.45) is 0 Å². The minimum Gasteiger partial charge on any atom is -0.335 e. The molecule has 1 saturated heterocycles. The molecule has 3 amide bonds. The Labute approximate surface area is 174 Å². The van der Waals surface area contributed by atoms with Gasteiger partial charge in [-0.15, -0.1) is 0 Å². The average molecular weight is 405 g/mol. The number of fused-ring (bicyclic) bond motifs is 1. The van der Waals surface area contributed by atoms with E-state index in [9.17, 15) is 14.0 Å². The molecule has 3 aromatic carbocycles. The van der Waals surface area contributed by atoms with Crippen molar-refractivity contribution in [2.75, 3.05) is 13.1 Å². The van der Waals surface area contributed by atoms with Crippen LogP contribution in [0.1, 0.15) is 28.8 Å². The lowest BCUT2D eigenvalue weighted by atomic mass is 10.0. The molecule has 4 rings (SSSR count). The first-order valence-corrected chi connectivity index (χ1v) is 10.1. The van der Waals surface area contributed by atoms with Crippen molar-refractivity contribution in [3.8, 4) is 0 Å². The molecule has 154 valence electrons. The van der Waals surface area contributed by atoms with Gasteiger partial charge in [0.05, 0.1) is 0 Å². The summed E-state index contributed by atoms with van der Waals surface area (Å²) in [4.78, 5) is 26.5. The molecule has 0 spiro atoms. The Bertz CT molecular complexity index is 1050. The SMILES string of the molecule is O=C(NC(=O)c1ccccc1)NC1CCN(Cc2ccc3cc(F)ccc3c2)CC1. The third-order valence-electron chi connectivity index (χ3n) is 5.46. The highest BCUT2D eigenvalue weighted by atomic mass is 19.1. The molecule has 0 aliphatic carbocycles. The fourth-order valence-corrected chi connectivity index (χ4v) is 3.84. The first kappa shape index (κ1) is 20.0. The number of imide groups is 1. The molecule has 0 unspecified atom stereocenters. The van der Waals surface area contributed by atoms with E-state index >= 15 is 0 Å². The van der Waals surface area contributed by atoms with Crippen LogP contribution in [-0.4, -0.2) is 36.0 Å². The minimum absolute atomic E-state index is 0.0457. The molecule has 3 aromatic rings. The topological polar surface area (TPSA) is 61.4 Å². The molecule has 0 saturated carbocycles. The molecule has 6 heteroatoms. The third kappa shape index (κ3) is 5.02. The fraction of sp³-hybridized carbons (Fsp3) is 0.250. The summed E-state index contributed by atoms with van der Waals surface area (Å²) in [5, 5.41) is 7.22. The van der Waals surface area contributed by atoms with Crippen molar-refractivity contribution in [2.45, 2.75) is 25.4 Å². The summed E-state index contributed by atoms with van der Waals surface area (Å²) >= 11 is 0. The number of urea groups is 1. The summed E-state index contributed by atoms with van der Waals surface area (Å²) in [6.07, 6.45) is 1.65. The van der Waals surface area contributed by atoms with Gasteiger partial charge in [0.15, 0.2) is 0 Å². The monoisotopic (exact) mass is 405 g/mol. The Kier molecular flexibility index (Phi) is 6.05. The van der Waals surface area contributed by atoms with Gasteiger partial charge in [-0.2, -0.15) is 0 Å². The number of carbonyl (C=O) groups excluding carboxylic acids is 2. The zero-order valence-electron chi connectivity index (χ0n) is 16.6. The molecule has 5 nitrogen and oxygen atoms in total. The minimum atomic E-state index is -0.455. The Morgan fingerprint density at radius 1 is 0.933 bits per heavy atom. The molecular weight excluding hydrogens is 381 g/mol. The van der Waals surface area contributed by atoms with E-state index in [2.05, 4.69) is 21.6 Å². The maximum Gasteiger partial charge on any atom is 0.321 e. The lowest BCUT2D eigenvalue weighted by Gasteiger charge is -2.32. The summed E-state index contributed by atoms with van der Waals surface area (Å²) in [6, 6.07) is 19.2. The molecule has 1 fully saturated rings. The largest absolute Gasteiger partial charge is 0.335 e. The van der Waals surface area contributed by atoms with E-state index in [-0.39, 0.29) is 11.9 Å². The van der Waals surface area contributed by atoms with Crippen molar-refractivity contribution in [3.05, 3.63) is 83.7 Å². The number of nitrogens with zero attached hydrogens (tertiary/aromatic N) is 1. The van der Waals surface area contributed by atoms with Gasteiger partial charge in [-0.1, -0.05) is 36.4 Å². The first-order valence-electron chi connectivity index (χ1n) is 10.1. The number of piperidine rings is 1. The molecule has 0 radical (unpaired) electrons. The van der Waals surface area contributed by atoms with E-state index < -0.39 is 11.9 Å². The van der Waals surface area contributed by atoms with Crippen LogP contribution < -0.4 is 10.6 Å². The van der Waals surface area contributed by atoms with Crippen LogP contribution in [0, 0.1) is 5.82 Å². The van der Waals surface area contributed by atoms with Crippen LogP contribution in [0.3, 0.4) is 0 Å². The van der Waals surface area contributed by atoms with Crippen molar-refractivity contribution >= 4 is 22.7 Å². The van der Waals surface area contributed by atoms with Crippen LogP contribution in [0.2, 0.25) is 0 Å². The fourth-order valence-electron chi connectivity index (χ4n) is 3.84. The van der Waals surface area contributed by atoms with Crippen LogP contribution in [-0.2, 0) is 6.54 Å². The number of amides is 3. The second-order valence-electron chi connectivity index (χ2n) is 7.67. The quantitative estimate of drug-likeness (QED) is 0.688. The standard InChI is InChI=1S/C24H24FN3O2/c25-21-9-8-19-14-17(6-7-20(19)15-21)16-28-12-10-22(11-13-28)26-24(30)27-23(29)18-4-2-1-3-5-18/h1-9,14-15,22H,10-13,16H2,(H2,26,27,29,30). The summed E-state index contributed by atoms with van der Waals surface area (Å²) in [6.45, 7) is 2.54. The number of halogens is 1. The van der Waals surface area contributed by atoms with Gasteiger partial charge in [0.1, 0.15) is 5.82 Å². The molecule has 1 heterocycles. The Morgan fingerprint density at radius 3 is 2.40 bits per heavy atom. The van der Waals surface area contributed by atoms with E-state index in [1.165, 1.54) is 11.6 Å². The van der Waals surface area contributed by atoms with Crippen LogP contribution in [0.15, 0.2) is 66.7 Å². The van der Waals surface area contributed by atoms with Crippen LogP contribution >= 0.6 is 0 Å². The van der Waals surface area contributed by atoms with Gasteiger partial charge in [-0.3, -0.25) is 15.0 Å². The highest BCUT2D eigenvalue weighted by Crippen LogP contribution is 2.20. The number of carbonyl (C=O) groups is 2. The molecular formula is C24H24FN3O2. The molecule has 0 atom stereocenters. The molecule has 0 aromatic heterocycles. The van der Waals surface area contributed by atoms with E-state index in [4.69, 9.17) is 0 Å². The van der Waals surface area contributed by atoms with E-state index in [0.29, 0.717) is 5.56 Å². The van der Waals surface area contributed by atoms with Crippen LogP contribution in [0.5, 0.6) is 0 Å². The predicted octanol–water partition coefficient (Wildman–Crippen LogP) is 4.08. The zero-order chi connectivity index (χ0) is 20.9. The molecule has 1 aliphatic rings. The first-order chi connectivity index (χ1) is 14.6. The Morgan fingerprint density at radius 2 is 1.63 bits per heavy atom. The van der Waals surface area contributed by atoms with E-state index in [1.54, 1.807) is 36.4 Å². The van der Waals surface area contributed by atoms with Crippen molar-refractivity contribution in [3.63, 3.8) is 0 Å². The number of nitrogens with one attached hydrogen (secondary N) is 2. The summed E-state index contributed by atoms with van der Waals surface area (Å²) in [5.41, 5.74) is 1.65. The van der Waals surface area contributed by atoms with E-state index in [0.717, 1.165) is 43.2 Å². The number of hydrogen-bond acceptors (Lipinski definition) is 3. The van der Waals surface area contributed by atoms with E-state index in [1.807, 2.05) is 18.2 Å². The van der Waals surface area contributed by atoms with Crippen molar-refractivity contribution in [1.29, 1.82) is 0 Å². The lowest BCUT2D eigenvalue weighted by Crippen LogP contribution is -2.49. The number of likely N-dealkylation sites (tertiary alicyclic amines) is 1.